The minimum absolute atomic E-state index is 0.175. The summed E-state index contributed by atoms with van der Waals surface area (Å²) in [7, 11) is -5.16. The molecule has 1 aromatic heterocycles. The Kier molecular flexibility index (Phi) is 7.19. The van der Waals surface area contributed by atoms with Gasteiger partial charge in [-0.2, -0.15) is 8.42 Å². The van der Waals surface area contributed by atoms with Crippen LogP contribution >= 0.6 is 0 Å². The van der Waals surface area contributed by atoms with Crippen molar-refractivity contribution < 1.29 is 21.8 Å². The maximum atomic E-state index is 13.3. The molecule has 3 aliphatic heterocycles. The molecule has 0 unspecified atom stereocenters. The zero-order valence-corrected chi connectivity index (χ0v) is 24.9. The first kappa shape index (κ1) is 28.2. The molecule has 11 nitrogen and oxygen atoms in total. The van der Waals surface area contributed by atoms with Gasteiger partial charge in [-0.25, -0.2) is 8.98 Å². The second-order valence-corrected chi connectivity index (χ2v) is 18.3. The maximum absolute atomic E-state index is 13.3. The summed E-state index contributed by atoms with van der Waals surface area (Å²) in [6, 6.07) is 0. The quantitative estimate of drug-likeness (QED) is 0.397. The van der Waals surface area contributed by atoms with Gasteiger partial charge in [0.05, 0.1) is 12.8 Å². The number of aliphatic imine (C=N–C) groups is 1. The van der Waals surface area contributed by atoms with E-state index in [-0.39, 0.29) is 11.6 Å². The highest BCUT2D eigenvalue weighted by molar-refractivity contribution is 7.86. The molecule has 0 bridgehead atoms. The number of rotatable bonds is 5. The van der Waals surface area contributed by atoms with Gasteiger partial charge < -0.3 is 14.1 Å². The number of nitrogens with zero attached hydrogens (tertiary/aromatic N) is 4. The predicted octanol–water partition coefficient (Wildman–Crippen LogP) is 1.76. The Balaban J connectivity index is 1.95. The van der Waals surface area contributed by atoms with Crippen LogP contribution in [0.2, 0.25) is 18.1 Å². The van der Waals surface area contributed by atoms with Gasteiger partial charge in [0.2, 0.25) is 5.60 Å². The van der Waals surface area contributed by atoms with Gasteiger partial charge in [-0.05, 0) is 44.3 Å². The first-order chi connectivity index (χ1) is 17.0. The van der Waals surface area contributed by atoms with E-state index < -0.39 is 53.7 Å². The molecule has 4 rings (SSSR count). The third kappa shape index (κ3) is 4.88. The van der Waals surface area contributed by atoms with Crippen molar-refractivity contribution in [3.8, 4) is 0 Å². The van der Waals surface area contributed by atoms with E-state index in [1.807, 2.05) is 0 Å². The monoisotopic (exact) mass is 556 g/mol. The SMILES string of the molecule is Cc1cn([C@@H]2O[C@@H]3CN=C(N4CCCCC4)[C@]3(OS(C)(=O)=O)[C@H]2O[Si](C)(C)C(C)(C)C)c(=O)n(C)c1=O. The van der Waals surface area contributed by atoms with Crippen molar-refractivity contribution in [3.05, 3.63) is 32.6 Å². The summed E-state index contributed by atoms with van der Waals surface area (Å²) in [6.45, 7) is 13.6. The third-order valence-corrected chi connectivity index (χ3v) is 13.2. The number of aromatic nitrogens is 2. The van der Waals surface area contributed by atoms with Gasteiger partial charge in [0.15, 0.2) is 14.5 Å². The van der Waals surface area contributed by atoms with Crippen molar-refractivity contribution in [3.63, 3.8) is 0 Å². The third-order valence-electron chi connectivity index (χ3n) is 8.15. The zero-order valence-electron chi connectivity index (χ0n) is 23.1. The van der Waals surface area contributed by atoms with Crippen LogP contribution in [0.25, 0.3) is 0 Å². The second kappa shape index (κ2) is 9.44. The number of ether oxygens (including phenoxy) is 1. The van der Waals surface area contributed by atoms with Crippen molar-refractivity contribution in [2.75, 3.05) is 25.9 Å². The fourth-order valence-corrected chi connectivity index (χ4v) is 7.26. The van der Waals surface area contributed by atoms with E-state index in [4.69, 9.17) is 18.3 Å². The van der Waals surface area contributed by atoms with Crippen LogP contribution in [0.5, 0.6) is 0 Å². The summed E-state index contributed by atoms with van der Waals surface area (Å²) in [4.78, 5) is 32.6. The summed E-state index contributed by atoms with van der Waals surface area (Å²) in [5, 5.41) is -0.229. The minimum Gasteiger partial charge on any atom is -0.406 e. The van der Waals surface area contributed by atoms with E-state index in [9.17, 15) is 18.0 Å². The topological polar surface area (TPSA) is 121 Å². The van der Waals surface area contributed by atoms with Gasteiger partial charge in [0.25, 0.3) is 15.7 Å². The average Bonchev–Trinajstić information content (AvgIpc) is 3.27. The average molecular weight is 557 g/mol. The van der Waals surface area contributed by atoms with Gasteiger partial charge in [-0.15, -0.1) is 0 Å². The van der Waals surface area contributed by atoms with Crippen LogP contribution in [0.4, 0.5) is 0 Å². The lowest BCUT2D eigenvalue weighted by molar-refractivity contribution is -0.0343. The minimum atomic E-state index is -4.00. The van der Waals surface area contributed by atoms with Crippen LogP contribution in [0, 0.1) is 6.92 Å². The van der Waals surface area contributed by atoms with Crippen LogP contribution in [-0.4, -0.2) is 80.3 Å². The number of piperidine rings is 1. The molecular formula is C24H40N4O7SSi. The molecule has 4 atom stereocenters. The lowest BCUT2D eigenvalue weighted by Gasteiger charge is -2.45. The van der Waals surface area contributed by atoms with Gasteiger partial charge in [-0.3, -0.25) is 18.9 Å². The van der Waals surface area contributed by atoms with Crippen molar-refractivity contribution in [1.82, 2.24) is 14.0 Å². The van der Waals surface area contributed by atoms with Crippen LogP contribution in [0.1, 0.15) is 51.8 Å². The van der Waals surface area contributed by atoms with Crippen LogP contribution < -0.4 is 11.2 Å². The van der Waals surface area contributed by atoms with E-state index >= 15 is 0 Å². The standard InChI is InChI=1S/C24H40N4O7SSi/c1-16-15-28(22(30)26(5)19(16)29)20-18(34-37(7,8)23(2,3)4)24(35-36(6,31)32)17(33-20)14-25-21(24)27-12-10-9-11-13-27/h15,17-18,20H,9-14H2,1-8H3/t17-,18+,20-,24-/m1/s1. The number of hydrogen-bond donors (Lipinski definition) is 0. The summed E-state index contributed by atoms with van der Waals surface area (Å²) in [5.74, 6) is 0.503. The largest absolute Gasteiger partial charge is 0.406 e. The van der Waals surface area contributed by atoms with Crippen molar-refractivity contribution in [1.29, 1.82) is 0 Å². The number of fused-ring (bicyclic) bond motifs is 1. The van der Waals surface area contributed by atoms with E-state index in [1.54, 1.807) is 6.92 Å². The molecule has 4 heterocycles. The Labute approximate surface area is 219 Å². The van der Waals surface area contributed by atoms with Gasteiger partial charge in [0.1, 0.15) is 18.0 Å². The van der Waals surface area contributed by atoms with Crippen LogP contribution in [0.15, 0.2) is 20.8 Å². The first-order valence-corrected chi connectivity index (χ1v) is 17.5. The first-order valence-electron chi connectivity index (χ1n) is 12.8. The summed E-state index contributed by atoms with van der Waals surface area (Å²) < 4.78 is 47.4. The van der Waals surface area contributed by atoms with E-state index in [2.05, 4.69) is 38.8 Å². The summed E-state index contributed by atoms with van der Waals surface area (Å²) in [6.07, 6.45) is 2.67. The number of aryl methyl sites for hydroxylation is 1. The molecule has 0 aromatic carbocycles. The van der Waals surface area contributed by atoms with E-state index in [0.717, 1.165) is 43.2 Å². The summed E-state index contributed by atoms with van der Waals surface area (Å²) in [5.41, 5.74) is -2.18. The summed E-state index contributed by atoms with van der Waals surface area (Å²) >= 11 is 0. The number of amidine groups is 1. The van der Waals surface area contributed by atoms with Gasteiger partial charge >= 0.3 is 5.69 Å². The molecule has 2 saturated heterocycles. The number of hydrogen-bond acceptors (Lipinski definition) is 9. The maximum Gasteiger partial charge on any atom is 0.332 e. The van der Waals surface area contributed by atoms with Gasteiger partial charge in [0, 0.05) is 31.9 Å². The molecule has 0 amide bonds. The molecule has 0 radical (unpaired) electrons. The van der Waals surface area contributed by atoms with E-state index in [0.29, 0.717) is 11.4 Å². The molecule has 3 aliphatic rings. The van der Waals surface area contributed by atoms with Crippen molar-refractivity contribution in [2.45, 2.75) is 89.1 Å². The number of likely N-dealkylation sites (tertiary alicyclic amines) is 1. The molecule has 208 valence electrons. The molecule has 0 spiro atoms. The van der Waals surface area contributed by atoms with E-state index in [1.165, 1.54) is 17.8 Å². The van der Waals surface area contributed by atoms with Gasteiger partial charge in [-0.1, -0.05) is 20.8 Å². The molecular weight excluding hydrogens is 516 g/mol. The molecule has 0 saturated carbocycles. The highest BCUT2D eigenvalue weighted by atomic mass is 32.2. The fraction of sp³-hybridized carbons (Fsp3) is 0.792. The Hall–Kier alpha value is -1.80. The Morgan fingerprint density at radius 3 is 2.35 bits per heavy atom. The highest BCUT2D eigenvalue weighted by Crippen LogP contribution is 2.50. The smallest absolute Gasteiger partial charge is 0.332 e. The molecule has 0 N–H and O–H groups in total. The molecule has 37 heavy (non-hydrogen) atoms. The Bertz CT molecular complexity index is 1310. The molecule has 0 aliphatic carbocycles. The predicted molar refractivity (Wildman–Crippen MR) is 143 cm³/mol. The molecule has 2 fully saturated rings. The normalized spacial score (nSPS) is 28.9. The van der Waals surface area contributed by atoms with Crippen molar-refractivity contribution in [2.24, 2.45) is 12.0 Å². The lowest BCUT2D eigenvalue weighted by atomic mass is 9.91. The zero-order chi connectivity index (χ0) is 27.6. The van der Waals surface area contributed by atoms with Crippen molar-refractivity contribution >= 4 is 24.3 Å². The highest BCUT2D eigenvalue weighted by Gasteiger charge is 2.68. The fourth-order valence-electron chi connectivity index (χ4n) is 5.20. The van der Waals surface area contributed by atoms with Crippen LogP contribution in [0.3, 0.4) is 0 Å². The lowest BCUT2D eigenvalue weighted by Crippen LogP contribution is -2.63. The molecule has 13 heteroatoms. The Morgan fingerprint density at radius 2 is 1.78 bits per heavy atom. The molecule has 1 aromatic rings. The van der Waals surface area contributed by atoms with Crippen LogP contribution in [-0.2, 0) is 30.5 Å². The Morgan fingerprint density at radius 1 is 1.16 bits per heavy atom. The second-order valence-electron chi connectivity index (χ2n) is 12.0.